The van der Waals surface area contributed by atoms with Gasteiger partial charge in [0, 0.05) is 25.5 Å². The molecule has 0 aromatic carbocycles. The average molecular weight is 179 g/mol. The van der Waals surface area contributed by atoms with E-state index in [1.54, 1.807) is 0 Å². The molecule has 2 rings (SSSR count). The summed E-state index contributed by atoms with van der Waals surface area (Å²) in [6, 6.07) is 2.83. The summed E-state index contributed by atoms with van der Waals surface area (Å²) in [4.78, 5) is 5.46. The fourth-order valence-electron chi connectivity index (χ4n) is 1.94. The smallest absolute Gasteiger partial charge is 0.0543 e. The lowest BCUT2D eigenvalue weighted by molar-refractivity contribution is 0.443. The zero-order chi connectivity index (χ0) is 9.10. The molecule has 0 spiro atoms. The first-order chi connectivity index (χ1) is 6.38. The molecular weight excluding hydrogens is 162 g/mol. The first-order valence-electron chi connectivity index (χ1n) is 4.94. The molecule has 0 saturated carbocycles. The largest absolute Gasteiger partial charge is 0.370 e. The molecule has 1 aliphatic heterocycles. The lowest BCUT2D eigenvalue weighted by Gasteiger charge is -2.32. The Morgan fingerprint density at radius 2 is 2.15 bits per heavy atom. The van der Waals surface area contributed by atoms with Crippen LogP contribution in [0.15, 0.2) is 18.5 Å². The third-order valence-electron chi connectivity index (χ3n) is 2.85. The number of anilines is 1. The Kier molecular flexibility index (Phi) is 2.54. The molecule has 3 nitrogen and oxygen atoms in total. The number of hydrogen-bond acceptors (Lipinski definition) is 2. The normalized spacial score (nSPS) is 18.8. The van der Waals surface area contributed by atoms with E-state index in [1.807, 2.05) is 6.20 Å². The zero-order valence-corrected chi connectivity index (χ0v) is 8.09. The second-order valence-corrected chi connectivity index (χ2v) is 3.66. The molecule has 1 fully saturated rings. The van der Waals surface area contributed by atoms with Gasteiger partial charge in [-0.1, -0.05) is 0 Å². The van der Waals surface area contributed by atoms with Gasteiger partial charge in [0.15, 0.2) is 0 Å². The van der Waals surface area contributed by atoms with Gasteiger partial charge in [0.05, 0.1) is 5.69 Å². The van der Waals surface area contributed by atoms with Crippen molar-refractivity contribution in [3.63, 3.8) is 0 Å². The minimum atomic E-state index is 0.706. The third-order valence-corrected chi connectivity index (χ3v) is 2.85. The molecule has 0 radical (unpaired) electrons. The number of piperidine rings is 1. The van der Waals surface area contributed by atoms with Gasteiger partial charge in [-0.05, 0) is 32.0 Å². The van der Waals surface area contributed by atoms with E-state index in [0.717, 1.165) is 13.1 Å². The Morgan fingerprint density at radius 1 is 1.38 bits per heavy atom. The minimum Gasteiger partial charge on any atom is -0.370 e. The highest BCUT2D eigenvalue weighted by Gasteiger charge is 2.17. The van der Waals surface area contributed by atoms with Gasteiger partial charge in [0.2, 0.25) is 0 Å². The fraction of sp³-hybridized carbons (Fsp3) is 0.600. The van der Waals surface area contributed by atoms with E-state index in [4.69, 9.17) is 0 Å². The Bertz CT molecular complexity index is 237. The lowest BCUT2D eigenvalue weighted by Crippen LogP contribution is -2.41. The lowest BCUT2D eigenvalue weighted by atomic mass is 10.1. The van der Waals surface area contributed by atoms with Gasteiger partial charge in [0.1, 0.15) is 0 Å². The molecule has 2 heterocycles. The number of aromatic nitrogens is 1. The Balaban J connectivity index is 1.99. The summed E-state index contributed by atoms with van der Waals surface area (Å²) >= 11 is 0. The molecule has 1 aromatic heterocycles. The van der Waals surface area contributed by atoms with Gasteiger partial charge >= 0.3 is 0 Å². The van der Waals surface area contributed by atoms with Gasteiger partial charge in [0.25, 0.3) is 0 Å². The van der Waals surface area contributed by atoms with Crippen LogP contribution in [0.4, 0.5) is 5.69 Å². The summed E-state index contributed by atoms with van der Waals surface area (Å²) in [5.41, 5.74) is 1.30. The van der Waals surface area contributed by atoms with Gasteiger partial charge in [-0.2, -0.15) is 0 Å². The average Bonchev–Trinajstić information content (AvgIpc) is 2.71. The summed E-state index contributed by atoms with van der Waals surface area (Å²) in [5, 5.41) is 3.38. The van der Waals surface area contributed by atoms with Crippen molar-refractivity contribution in [3.8, 4) is 0 Å². The van der Waals surface area contributed by atoms with Crippen molar-refractivity contribution in [2.24, 2.45) is 0 Å². The number of rotatable bonds is 2. The Hall–Kier alpha value is -0.960. The van der Waals surface area contributed by atoms with Gasteiger partial charge in [-0.3, -0.25) is 0 Å². The van der Waals surface area contributed by atoms with Crippen molar-refractivity contribution in [2.75, 3.05) is 25.0 Å². The molecule has 1 aromatic rings. The quantitative estimate of drug-likeness (QED) is 0.715. The van der Waals surface area contributed by atoms with E-state index in [9.17, 15) is 0 Å². The van der Waals surface area contributed by atoms with Gasteiger partial charge in [-0.15, -0.1) is 0 Å². The van der Waals surface area contributed by atoms with Crippen LogP contribution >= 0.6 is 0 Å². The fourth-order valence-corrected chi connectivity index (χ4v) is 1.94. The summed E-state index contributed by atoms with van der Waals surface area (Å²) in [7, 11) is 2.18. The van der Waals surface area contributed by atoms with Crippen molar-refractivity contribution in [1.82, 2.24) is 10.3 Å². The topological polar surface area (TPSA) is 31.1 Å². The van der Waals surface area contributed by atoms with Crippen LogP contribution in [-0.4, -0.2) is 31.2 Å². The summed E-state index contributed by atoms with van der Waals surface area (Å²) in [5.74, 6) is 0. The van der Waals surface area contributed by atoms with Crippen molar-refractivity contribution in [1.29, 1.82) is 0 Å². The van der Waals surface area contributed by atoms with E-state index >= 15 is 0 Å². The van der Waals surface area contributed by atoms with Gasteiger partial charge in [-0.25, -0.2) is 0 Å². The molecule has 1 aliphatic rings. The second-order valence-electron chi connectivity index (χ2n) is 3.66. The Morgan fingerprint density at radius 3 is 2.77 bits per heavy atom. The molecule has 0 atom stereocenters. The molecule has 0 aliphatic carbocycles. The van der Waals surface area contributed by atoms with Gasteiger partial charge < -0.3 is 15.2 Å². The zero-order valence-electron chi connectivity index (χ0n) is 8.09. The van der Waals surface area contributed by atoms with Crippen molar-refractivity contribution in [3.05, 3.63) is 18.5 Å². The standard InChI is InChI=1S/C10H17N3/c1-13(10-4-7-12-8-10)9-2-5-11-6-3-9/h4,7-9,11-12H,2-3,5-6H2,1H3. The molecule has 0 bridgehead atoms. The minimum absolute atomic E-state index is 0.706. The summed E-state index contributed by atoms with van der Waals surface area (Å²) in [6.07, 6.45) is 6.54. The van der Waals surface area contributed by atoms with E-state index in [1.165, 1.54) is 18.5 Å². The van der Waals surface area contributed by atoms with E-state index in [-0.39, 0.29) is 0 Å². The number of nitrogens with one attached hydrogen (secondary N) is 2. The predicted octanol–water partition coefficient (Wildman–Crippen LogP) is 1.20. The van der Waals surface area contributed by atoms with Crippen LogP contribution in [0.3, 0.4) is 0 Å². The Labute approximate surface area is 79.1 Å². The highest BCUT2D eigenvalue weighted by molar-refractivity contribution is 5.44. The number of nitrogens with zero attached hydrogens (tertiary/aromatic N) is 1. The molecule has 3 heteroatoms. The molecule has 1 saturated heterocycles. The SMILES string of the molecule is CN(c1cc[nH]c1)C1CCNCC1. The number of H-pyrrole nitrogens is 1. The van der Waals surface area contributed by atoms with Crippen molar-refractivity contribution in [2.45, 2.75) is 18.9 Å². The van der Waals surface area contributed by atoms with Crippen LogP contribution in [0.25, 0.3) is 0 Å². The predicted molar refractivity (Wildman–Crippen MR) is 55.1 cm³/mol. The van der Waals surface area contributed by atoms with Crippen molar-refractivity contribution < 1.29 is 0 Å². The first-order valence-corrected chi connectivity index (χ1v) is 4.94. The molecule has 2 N–H and O–H groups in total. The van der Waals surface area contributed by atoms with Crippen LogP contribution in [0.2, 0.25) is 0 Å². The van der Waals surface area contributed by atoms with E-state index in [0.29, 0.717) is 6.04 Å². The highest BCUT2D eigenvalue weighted by Crippen LogP contribution is 2.18. The maximum Gasteiger partial charge on any atom is 0.0543 e. The number of hydrogen-bond donors (Lipinski definition) is 2. The first kappa shape index (κ1) is 8.63. The number of aromatic amines is 1. The van der Waals surface area contributed by atoms with Crippen molar-refractivity contribution >= 4 is 5.69 Å². The summed E-state index contributed by atoms with van der Waals surface area (Å²) < 4.78 is 0. The van der Waals surface area contributed by atoms with E-state index in [2.05, 4.69) is 34.5 Å². The van der Waals surface area contributed by atoms with Crippen LogP contribution in [0, 0.1) is 0 Å². The van der Waals surface area contributed by atoms with Crippen LogP contribution in [0.1, 0.15) is 12.8 Å². The summed E-state index contributed by atoms with van der Waals surface area (Å²) in [6.45, 7) is 2.30. The molecule has 13 heavy (non-hydrogen) atoms. The monoisotopic (exact) mass is 179 g/mol. The maximum atomic E-state index is 3.38. The second kappa shape index (κ2) is 3.83. The van der Waals surface area contributed by atoms with Crippen LogP contribution in [0.5, 0.6) is 0 Å². The van der Waals surface area contributed by atoms with Crippen LogP contribution < -0.4 is 10.2 Å². The van der Waals surface area contributed by atoms with E-state index < -0.39 is 0 Å². The molecular formula is C10H17N3. The third kappa shape index (κ3) is 1.86. The maximum absolute atomic E-state index is 3.38. The highest BCUT2D eigenvalue weighted by atomic mass is 15.2. The molecule has 0 amide bonds. The van der Waals surface area contributed by atoms with Crippen LogP contribution in [-0.2, 0) is 0 Å². The molecule has 0 unspecified atom stereocenters. The molecule has 72 valence electrons.